The number of rotatable bonds is 4. The monoisotopic (exact) mass is 497 g/mol. The predicted octanol–water partition coefficient (Wildman–Crippen LogP) is 3.59. The Morgan fingerprint density at radius 2 is 1.80 bits per heavy atom. The van der Waals surface area contributed by atoms with Crippen LogP contribution in [0.15, 0.2) is 42.5 Å². The molecule has 2 aliphatic heterocycles. The molecule has 8 nitrogen and oxygen atoms in total. The van der Waals surface area contributed by atoms with Crippen molar-refractivity contribution in [2.45, 2.75) is 32.4 Å². The Balaban J connectivity index is 1.58. The van der Waals surface area contributed by atoms with Crippen molar-refractivity contribution in [3.05, 3.63) is 58.6 Å². The average molecular weight is 498 g/mol. The number of anilines is 2. The van der Waals surface area contributed by atoms with Crippen molar-refractivity contribution in [3.8, 4) is 0 Å². The van der Waals surface area contributed by atoms with Gasteiger partial charge in [-0.25, -0.2) is 4.79 Å². The molecule has 1 saturated heterocycles. The summed E-state index contributed by atoms with van der Waals surface area (Å²) in [5.74, 6) is -0.391. The summed E-state index contributed by atoms with van der Waals surface area (Å²) < 4.78 is 0. The number of hydrogen-bond acceptors (Lipinski definition) is 4. The molecule has 1 fully saturated rings. The molecule has 2 heterocycles. The van der Waals surface area contributed by atoms with Crippen LogP contribution in [-0.4, -0.2) is 74.0 Å². The van der Waals surface area contributed by atoms with Crippen LogP contribution in [0.1, 0.15) is 35.7 Å². The summed E-state index contributed by atoms with van der Waals surface area (Å²) in [7, 11) is 3.29. The minimum absolute atomic E-state index is 0.0850. The highest BCUT2D eigenvalue weighted by Gasteiger charge is 2.32. The molecular formula is C26H32ClN5O3. The number of carbonyl (C=O) groups is 3. The first-order valence-corrected chi connectivity index (χ1v) is 12.3. The number of para-hydroxylation sites is 1. The highest BCUT2D eigenvalue weighted by Crippen LogP contribution is 2.32. The molecule has 2 aromatic carbocycles. The van der Waals surface area contributed by atoms with E-state index in [0.29, 0.717) is 23.7 Å². The van der Waals surface area contributed by atoms with Crippen molar-refractivity contribution in [2.75, 3.05) is 50.1 Å². The quantitative estimate of drug-likeness (QED) is 0.700. The molecule has 0 saturated carbocycles. The fraction of sp³-hybridized carbons (Fsp3) is 0.423. The molecule has 0 bridgehead atoms. The number of nitrogens with zero attached hydrogens (tertiary/aromatic N) is 4. The molecule has 0 spiro atoms. The number of hydrogen-bond donors (Lipinski definition) is 1. The Morgan fingerprint density at radius 1 is 1.09 bits per heavy atom. The van der Waals surface area contributed by atoms with E-state index in [4.69, 9.17) is 11.6 Å². The molecule has 0 aromatic heterocycles. The van der Waals surface area contributed by atoms with Crippen molar-refractivity contribution in [2.24, 2.45) is 0 Å². The zero-order valence-corrected chi connectivity index (χ0v) is 21.2. The zero-order valence-electron chi connectivity index (χ0n) is 20.5. The summed E-state index contributed by atoms with van der Waals surface area (Å²) in [6, 6.07) is 12.6. The number of fused-ring (bicyclic) bond motifs is 1. The van der Waals surface area contributed by atoms with Crippen molar-refractivity contribution < 1.29 is 14.4 Å². The molecule has 4 rings (SSSR count). The Labute approximate surface area is 211 Å². The second-order valence-corrected chi connectivity index (χ2v) is 9.73. The first-order valence-electron chi connectivity index (χ1n) is 11.9. The van der Waals surface area contributed by atoms with Gasteiger partial charge in [0.05, 0.1) is 17.1 Å². The minimum Gasteiger partial charge on any atom is -0.371 e. The third-order valence-corrected chi connectivity index (χ3v) is 6.96. The number of amides is 4. The fourth-order valence-electron chi connectivity index (χ4n) is 4.58. The number of nitrogens with one attached hydrogen (secondary N) is 1. The van der Waals surface area contributed by atoms with E-state index < -0.39 is 0 Å². The van der Waals surface area contributed by atoms with Crippen LogP contribution >= 0.6 is 11.6 Å². The van der Waals surface area contributed by atoms with Gasteiger partial charge in [-0.2, -0.15) is 0 Å². The molecule has 0 aliphatic carbocycles. The summed E-state index contributed by atoms with van der Waals surface area (Å²) in [6.45, 7) is 4.44. The summed E-state index contributed by atoms with van der Waals surface area (Å²) >= 11 is 6.62. The maximum absolute atomic E-state index is 13.7. The van der Waals surface area contributed by atoms with Crippen LogP contribution in [0.2, 0.25) is 5.02 Å². The normalized spacial score (nSPS) is 17.6. The number of halogens is 1. The second kappa shape index (κ2) is 10.6. The molecule has 0 radical (unpaired) electrons. The first kappa shape index (κ1) is 24.9. The molecule has 9 heteroatoms. The molecule has 0 unspecified atom stereocenters. The lowest BCUT2D eigenvalue weighted by molar-refractivity contribution is -0.127. The van der Waals surface area contributed by atoms with Crippen molar-refractivity contribution >= 4 is 40.8 Å². The van der Waals surface area contributed by atoms with E-state index in [1.165, 1.54) is 4.90 Å². The van der Waals surface area contributed by atoms with Gasteiger partial charge in [0, 0.05) is 57.7 Å². The lowest BCUT2D eigenvalue weighted by Crippen LogP contribution is -2.49. The van der Waals surface area contributed by atoms with E-state index in [1.807, 2.05) is 43.3 Å². The van der Waals surface area contributed by atoms with Crippen molar-refractivity contribution in [1.82, 2.24) is 15.1 Å². The van der Waals surface area contributed by atoms with Crippen LogP contribution in [0.4, 0.5) is 16.2 Å². The van der Waals surface area contributed by atoms with Crippen LogP contribution in [0, 0.1) is 0 Å². The van der Waals surface area contributed by atoms with Gasteiger partial charge in [0.15, 0.2) is 0 Å². The highest BCUT2D eigenvalue weighted by atomic mass is 35.5. The molecule has 1 N–H and O–H groups in total. The topological polar surface area (TPSA) is 76.2 Å². The molecule has 1 atom stereocenters. The zero-order chi connectivity index (χ0) is 25.1. The molecular weight excluding hydrogens is 466 g/mol. The SMILES string of the molecule is C[C@@H]1CN(C(=O)c2ccc(N3CCCC3)cc2Cl)c2ccccc2CN1C(=O)NCC(=O)N(C)C. The van der Waals surface area contributed by atoms with Crippen LogP contribution in [-0.2, 0) is 11.3 Å². The number of likely N-dealkylation sites (N-methyl/N-ethyl adjacent to an activating group) is 1. The van der Waals surface area contributed by atoms with E-state index in [2.05, 4.69) is 10.2 Å². The van der Waals surface area contributed by atoms with Gasteiger partial charge in [-0.3, -0.25) is 9.59 Å². The largest absolute Gasteiger partial charge is 0.371 e. The van der Waals surface area contributed by atoms with Crippen molar-refractivity contribution in [1.29, 1.82) is 0 Å². The van der Waals surface area contributed by atoms with Gasteiger partial charge < -0.3 is 24.9 Å². The molecule has 2 aromatic rings. The Hall–Kier alpha value is -3.26. The third-order valence-electron chi connectivity index (χ3n) is 6.65. The highest BCUT2D eigenvalue weighted by molar-refractivity contribution is 6.35. The van der Waals surface area contributed by atoms with Crippen LogP contribution < -0.4 is 15.1 Å². The van der Waals surface area contributed by atoms with E-state index in [-0.39, 0.29) is 30.4 Å². The maximum Gasteiger partial charge on any atom is 0.318 e. The van der Waals surface area contributed by atoms with Gasteiger partial charge in [0.2, 0.25) is 5.91 Å². The van der Waals surface area contributed by atoms with E-state index in [1.54, 1.807) is 30.0 Å². The maximum atomic E-state index is 13.7. The van der Waals surface area contributed by atoms with Crippen LogP contribution in [0.5, 0.6) is 0 Å². The van der Waals surface area contributed by atoms with E-state index in [9.17, 15) is 14.4 Å². The minimum atomic E-state index is -0.343. The summed E-state index contributed by atoms with van der Waals surface area (Å²) in [5.41, 5.74) is 3.07. The number of urea groups is 1. The van der Waals surface area contributed by atoms with Gasteiger partial charge in [-0.1, -0.05) is 29.8 Å². The standard InChI is InChI=1S/C26H32ClN5O3/c1-18-16-32(25(34)21-11-10-20(14-22(21)27)30-12-6-7-13-30)23-9-5-4-8-19(23)17-31(18)26(35)28-15-24(33)29(2)3/h4-5,8-11,14,18H,6-7,12-13,15-17H2,1-3H3,(H,28,35)/t18-/m1/s1. The van der Waals surface area contributed by atoms with Gasteiger partial charge >= 0.3 is 6.03 Å². The molecule has 35 heavy (non-hydrogen) atoms. The van der Waals surface area contributed by atoms with Gasteiger partial charge in [-0.05, 0) is 49.6 Å². The van der Waals surface area contributed by atoms with Crippen molar-refractivity contribution in [3.63, 3.8) is 0 Å². The molecule has 4 amide bonds. The predicted molar refractivity (Wildman–Crippen MR) is 138 cm³/mol. The smallest absolute Gasteiger partial charge is 0.318 e. The number of carbonyl (C=O) groups excluding carboxylic acids is 3. The fourth-order valence-corrected chi connectivity index (χ4v) is 4.83. The Morgan fingerprint density at radius 3 is 2.49 bits per heavy atom. The van der Waals surface area contributed by atoms with E-state index in [0.717, 1.165) is 42.9 Å². The molecule has 2 aliphatic rings. The van der Waals surface area contributed by atoms with Gasteiger partial charge in [0.1, 0.15) is 0 Å². The second-order valence-electron chi connectivity index (χ2n) is 9.33. The lowest BCUT2D eigenvalue weighted by Gasteiger charge is -2.29. The summed E-state index contributed by atoms with van der Waals surface area (Å²) in [6.07, 6.45) is 2.32. The van der Waals surface area contributed by atoms with E-state index >= 15 is 0 Å². The Bertz CT molecular complexity index is 1120. The summed E-state index contributed by atoms with van der Waals surface area (Å²) in [4.78, 5) is 45.7. The number of benzene rings is 2. The van der Waals surface area contributed by atoms with Gasteiger partial charge in [-0.15, -0.1) is 0 Å². The molecule has 186 valence electrons. The lowest BCUT2D eigenvalue weighted by atomic mass is 10.1. The average Bonchev–Trinajstić information content (AvgIpc) is 3.34. The van der Waals surface area contributed by atoms with Crippen LogP contribution in [0.3, 0.4) is 0 Å². The Kier molecular flexibility index (Phi) is 7.50. The van der Waals surface area contributed by atoms with Gasteiger partial charge in [0.25, 0.3) is 5.91 Å². The first-order chi connectivity index (χ1) is 16.8. The van der Waals surface area contributed by atoms with Crippen LogP contribution in [0.25, 0.3) is 0 Å². The third kappa shape index (κ3) is 5.37. The summed E-state index contributed by atoms with van der Waals surface area (Å²) in [5, 5.41) is 3.13.